The minimum absolute atomic E-state index is 0.131. The standard InChI is InChI=1S/C14H20O3/c1-4-12-14(3,5-2)17-13(16-12)10-6-8-11(15)9-7-10/h6-9,12-13,15H,4-5H2,1-3H3/t12-,13?,14?/m0/s1. The number of phenols is 1. The monoisotopic (exact) mass is 236 g/mol. The van der Waals surface area contributed by atoms with E-state index in [0.717, 1.165) is 18.4 Å². The summed E-state index contributed by atoms with van der Waals surface area (Å²) >= 11 is 0. The van der Waals surface area contributed by atoms with Crippen molar-refractivity contribution in [3.8, 4) is 5.75 Å². The first-order chi connectivity index (χ1) is 8.09. The topological polar surface area (TPSA) is 38.7 Å². The summed E-state index contributed by atoms with van der Waals surface area (Å²) in [7, 11) is 0. The number of aromatic hydroxyl groups is 1. The van der Waals surface area contributed by atoms with Crippen LogP contribution in [-0.2, 0) is 9.47 Å². The van der Waals surface area contributed by atoms with Gasteiger partial charge in [-0.15, -0.1) is 0 Å². The highest BCUT2D eigenvalue weighted by Gasteiger charge is 2.44. The van der Waals surface area contributed by atoms with Gasteiger partial charge in [0.05, 0.1) is 11.7 Å². The van der Waals surface area contributed by atoms with Crippen molar-refractivity contribution in [1.82, 2.24) is 0 Å². The van der Waals surface area contributed by atoms with E-state index in [9.17, 15) is 5.11 Å². The molecule has 0 radical (unpaired) electrons. The smallest absolute Gasteiger partial charge is 0.185 e. The van der Waals surface area contributed by atoms with Crippen LogP contribution in [-0.4, -0.2) is 16.8 Å². The van der Waals surface area contributed by atoms with Crippen molar-refractivity contribution in [2.45, 2.75) is 51.6 Å². The van der Waals surface area contributed by atoms with Crippen molar-refractivity contribution < 1.29 is 14.6 Å². The lowest BCUT2D eigenvalue weighted by atomic mass is 9.94. The molecule has 94 valence electrons. The van der Waals surface area contributed by atoms with E-state index in [0.29, 0.717) is 0 Å². The molecule has 3 heteroatoms. The van der Waals surface area contributed by atoms with Crippen molar-refractivity contribution >= 4 is 0 Å². The molecule has 0 spiro atoms. The molecule has 1 aromatic carbocycles. The molecule has 1 aliphatic rings. The van der Waals surface area contributed by atoms with E-state index in [1.165, 1.54) is 0 Å². The maximum atomic E-state index is 9.26. The van der Waals surface area contributed by atoms with Crippen LogP contribution < -0.4 is 0 Å². The van der Waals surface area contributed by atoms with E-state index in [-0.39, 0.29) is 23.7 Å². The first-order valence-electron chi connectivity index (χ1n) is 6.21. The van der Waals surface area contributed by atoms with Gasteiger partial charge in [0.15, 0.2) is 6.29 Å². The average molecular weight is 236 g/mol. The predicted octanol–water partition coefficient (Wildman–Crippen LogP) is 3.38. The van der Waals surface area contributed by atoms with Gasteiger partial charge in [-0.05, 0) is 31.9 Å². The molecule has 0 aliphatic carbocycles. The molecular weight excluding hydrogens is 216 g/mol. The number of hydrogen-bond donors (Lipinski definition) is 1. The van der Waals surface area contributed by atoms with Crippen LogP contribution in [0.4, 0.5) is 0 Å². The fourth-order valence-corrected chi connectivity index (χ4v) is 2.26. The van der Waals surface area contributed by atoms with Gasteiger partial charge in [0.1, 0.15) is 5.75 Å². The highest BCUT2D eigenvalue weighted by atomic mass is 16.7. The molecule has 3 nitrogen and oxygen atoms in total. The van der Waals surface area contributed by atoms with Crippen molar-refractivity contribution in [3.05, 3.63) is 29.8 Å². The molecule has 1 heterocycles. The van der Waals surface area contributed by atoms with E-state index < -0.39 is 0 Å². The van der Waals surface area contributed by atoms with E-state index in [2.05, 4.69) is 20.8 Å². The van der Waals surface area contributed by atoms with Gasteiger partial charge in [0.2, 0.25) is 0 Å². The summed E-state index contributed by atoms with van der Waals surface area (Å²) in [5.41, 5.74) is 0.746. The van der Waals surface area contributed by atoms with Crippen LogP contribution in [0.15, 0.2) is 24.3 Å². The van der Waals surface area contributed by atoms with Gasteiger partial charge in [-0.3, -0.25) is 0 Å². The molecule has 1 aliphatic heterocycles. The molecule has 1 aromatic rings. The van der Waals surface area contributed by atoms with Crippen LogP contribution in [0.5, 0.6) is 5.75 Å². The Morgan fingerprint density at radius 3 is 2.35 bits per heavy atom. The third-order valence-corrected chi connectivity index (χ3v) is 3.58. The maximum absolute atomic E-state index is 9.26. The lowest BCUT2D eigenvalue weighted by Crippen LogP contribution is -2.35. The van der Waals surface area contributed by atoms with E-state index in [4.69, 9.17) is 9.47 Å². The quantitative estimate of drug-likeness (QED) is 0.874. The van der Waals surface area contributed by atoms with Crippen LogP contribution in [0.25, 0.3) is 0 Å². The second-order valence-electron chi connectivity index (χ2n) is 4.74. The third kappa shape index (κ3) is 2.31. The number of rotatable bonds is 3. The highest BCUT2D eigenvalue weighted by Crippen LogP contribution is 2.41. The maximum Gasteiger partial charge on any atom is 0.185 e. The van der Waals surface area contributed by atoms with Gasteiger partial charge >= 0.3 is 0 Å². The van der Waals surface area contributed by atoms with Crippen molar-refractivity contribution in [1.29, 1.82) is 0 Å². The van der Waals surface area contributed by atoms with E-state index in [1.54, 1.807) is 12.1 Å². The number of benzene rings is 1. The number of hydrogen-bond acceptors (Lipinski definition) is 3. The number of phenolic OH excluding ortho intramolecular Hbond substituents is 1. The molecule has 0 aromatic heterocycles. The molecule has 3 atom stereocenters. The zero-order valence-electron chi connectivity index (χ0n) is 10.6. The second-order valence-corrected chi connectivity index (χ2v) is 4.74. The molecule has 2 unspecified atom stereocenters. The summed E-state index contributed by atoms with van der Waals surface area (Å²) in [5.74, 6) is 0.261. The van der Waals surface area contributed by atoms with Crippen LogP contribution in [0.1, 0.15) is 45.5 Å². The minimum Gasteiger partial charge on any atom is -0.508 e. The van der Waals surface area contributed by atoms with Crippen molar-refractivity contribution in [2.24, 2.45) is 0 Å². The lowest BCUT2D eigenvalue weighted by Gasteiger charge is -2.25. The summed E-state index contributed by atoms with van der Waals surface area (Å²) in [6.45, 7) is 6.33. The minimum atomic E-state index is -0.314. The summed E-state index contributed by atoms with van der Waals surface area (Å²) in [4.78, 5) is 0. The second kappa shape index (κ2) is 4.67. The van der Waals surface area contributed by atoms with Gasteiger partial charge in [0, 0.05) is 5.56 Å². The molecule has 1 N–H and O–H groups in total. The van der Waals surface area contributed by atoms with Gasteiger partial charge in [-0.25, -0.2) is 0 Å². The molecule has 2 rings (SSSR count). The lowest BCUT2D eigenvalue weighted by molar-refractivity contribution is -0.0889. The van der Waals surface area contributed by atoms with Gasteiger partial charge in [-0.1, -0.05) is 26.0 Å². The highest BCUT2D eigenvalue weighted by molar-refractivity contribution is 5.27. The van der Waals surface area contributed by atoms with E-state index >= 15 is 0 Å². The molecule has 1 fully saturated rings. The average Bonchev–Trinajstić information content (AvgIpc) is 2.68. The summed E-state index contributed by atoms with van der Waals surface area (Å²) < 4.78 is 12.0. The van der Waals surface area contributed by atoms with Gasteiger partial charge in [0.25, 0.3) is 0 Å². The zero-order valence-corrected chi connectivity index (χ0v) is 10.6. The van der Waals surface area contributed by atoms with Crippen LogP contribution in [0.3, 0.4) is 0 Å². The van der Waals surface area contributed by atoms with Crippen LogP contribution in [0.2, 0.25) is 0 Å². The largest absolute Gasteiger partial charge is 0.508 e. The van der Waals surface area contributed by atoms with Crippen molar-refractivity contribution in [3.63, 3.8) is 0 Å². The molecule has 0 bridgehead atoms. The van der Waals surface area contributed by atoms with Crippen molar-refractivity contribution in [2.75, 3.05) is 0 Å². The summed E-state index contributed by atoms with van der Waals surface area (Å²) in [6.07, 6.45) is 1.69. The molecule has 1 saturated heterocycles. The third-order valence-electron chi connectivity index (χ3n) is 3.58. The summed E-state index contributed by atoms with van der Waals surface area (Å²) in [5, 5.41) is 9.26. The Kier molecular flexibility index (Phi) is 3.40. The molecule has 17 heavy (non-hydrogen) atoms. The van der Waals surface area contributed by atoms with Gasteiger partial charge in [-0.2, -0.15) is 0 Å². The Bertz CT molecular complexity index is 374. The number of ether oxygens (including phenoxy) is 2. The fourth-order valence-electron chi connectivity index (χ4n) is 2.26. The van der Waals surface area contributed by atoms with Crippen LogP contribution >= 0.6 is 0 Å². The normalized spacial score (nSPS) is 32.9. The summed E-state index contributed by atoms with van der Waals surface area (Å²) in [6, 6.07) is 7.00. The Morgan fingerprint density at radius 1 is 1.24 bits per heavy atom. The Labute approximate surface area is 102 Å². The Hall–Kier alpha value is -1.06. The first-order valence-corrected chi connectivity index (χ1v) is 6.21. The van der Waals surface area contributed by atoms with E-state index in [1.807, 2.05) is 12.1 Å². The zero-order chi connectivity index (χ0) is 12.5. The molecular formula is C14H20O3. The van der Waals surface area contributed by atoms with Gasteiger partial charge < -0.3 is 14.6 Å². The Balaban J connectivity index is 2.18. The SMILES string of the molecule is CC[C@@H]1OC(c2ccc(O)cc2)OC1(C)CC. The van der Waals surface area contributed by atoms with Crippen LogP contribution in [0, 0.1) is 0 Å². The first kappa shape index (κ1) is 12.4. The molecule has 0 saturated carbocycles. The fraction of sp³-hybridized carbons (Fsp3) is 0.571. The Morgan fingerprint density at radius 2 is 1.88 bits per heavy atom. The molecule has 0 amide bonds. The predicted molar refractivity (Wildman–Crippen MR) is 65.8 cm³/mol.